The van der Waals surface area contributed by atoms with Gasteiger partial charge in [-0.05, 0) is 61.7 Å². The quantitative estimate of drug-likeness (QED) is 0.512. The van der Waals surface area contributed by atoms with Crippen LogP contribution in [0.1, 0.15) is 53.3 Å². The Morgan fingerprint density at radius 1 is 1.09 bits per heavy atom. The Bertz CT molecular complexity index is 1400. The Morgan fingerprint density at radius 2 is 1.82 bits per heavy atom. The summed E-state index contributed by atoms with van der Waals surface area (Å²) >= 11 is 0. The fourth-order valence-electron chi connectivity index (χ4n) is 4.47. The van der Waals surface area contributed by atoms with Crippen LogP contribution in [0, 0.1) is 0 Å². The number of sulfonamides is 1. The van der Waals surface area contributed by atoms with Gasteiger partial charge in [0.1, 0.15) is 0 Å². The van der Waals surface area contributed by atoms with Crippen molar-refractivity contribution in [1.29, 1.82) is 0 Å². The lowest BCUT2D eigenvalue weighted by Crippen LogP contribution is -2.29. The average molecular weight is 478 g/mol. The number of rotatable bonds is 8. The van der Waals surface area contributed by atoms with Crippen molar-refractivity contribution in [2.45, 2.75) is 43.5 Å². The number of carbonyl (C=O) groups is 2. The number of nitrogens with one attached hydrogen (secondary N) is 1. The number of amides is 2. The molecule has 2 aliphatic rings. The van der Waals surface area contributed by atoms with E-state index in [1.807, 2.05) is 35.2 Å². The SMILES string of the molecule is CCCCN1C(=O)c2cccc3c(NC(=O)c4ccc(S(=O)(=O)N(C)C5CC5)cc4)ccc1c23. The van der Waals surface area contributed by atoms with Crippen molar-refractivity contribution in [3.63, 3.8) is 0 Å². The third-order valence-corrected chi connectivity index (χ3v) is 8.55. The molecule has 0 unspecified atom stereocenters. The van der Waals surface area contributed by atoms with Gasteiger partial charge in [0.15, 0.2) is 0 Å². The number of carbonyl (C=O) groups excluding carboxylic acids is 2. The van der Waals surface area contributed by atoms with E-state index in [1.54, 1.807) is 7.05 Å². The fourth-order valence-corrected chi connectivity index (χ4v) is 5.88. The second-order valence-electron chi connectivity index (χ2n) is 8.90. The van der Waals surface area contributed by atoms with E-state index in [9.17, 15) is 18.0 Å². The Morgan fingerprint density at radius 3 is 2.50 bits per heavy atom. The zero-order valence-electron chi connectivity index (χ0n) is 19.2. The molecule has 2 amide bonds. The zero-order valence-corrected chi connectivity index (χ0v) is 20.1. The lowest BCUT2D eigenvalue weighted by atomic mass is 10.0. The molecule has 34 heavy (non-hydrogen) atoms. The summed E-state index contributed by atoms with van der Waals surface area (Å²) in [6.45, 7) is 2.76. The van der Waals surface area contributed by atoms with Crippen molar-refractivity contribution in [3.05, 3.63) is 65.7 Å². The second-order valence-corrected chi connectivity index (χ2v) is 10.9. The van der Waals surface area contributed by atoms with Gasteiger partial charge in [0, 0.05) is 47.2 Å². The highest BCUT2D eigenvalue weighted by Gasteiger charge is 2.35. The van der Waals surface area contributed by atoms with E-state index in [1.165, 1.54) is 28.6 Å². The van der Waals surface area contributed by atoms with Gasteiger partial charge in [0.05, 0.1) is 10.6 Å². The van der Waals surface area contributed by atoms with Crippen LogP contribution in [0.5, 0.6) is 0 Å². The first-order valence-corrected chi connectivity index (χ1v) is 13.0. The van der Waals surface area contributed by atoms with Crippen LogP contribution in [0.2, 0.25) is 0 Å². The predicted molar refractivity (Wildman–Crippen MR) is 133 cm³/mol. The zero-order chi connectivity index (χ0) is 24.0. The molecule has 3 aromatic rings. The minimum absolute atomic E-state index is 0.00881. The number of nitrogens with zero attached hydrogens (tertiary/aromatic N) is 2. The van der Waals surface area contributed by atoms with Gasteiger partial charge in [-0.25, -0.2) is 8.42 Å². The molecular formula is C26H27N3O4S. The summed E-state index contributed by atoms with van der Waals surface area (Å²) < 4.78 is 26.8. The Balaban J connectivity index is 1.41. The van der Waals surface area contributed by atoms with Gasteiger partial charge in [-0.15, -0.1) is 0 Å². The molecule has 0 spiro atoms. The number of unbranched alkanes of at least 4 members (excludes halogenated alkanes) is 1. The summed E-state index contributed by atoms with van der Waals surface area (Å²) in [5.74, 6) is -0.349. The van der Waals surface area contributed by atoms with Crippen molar-refractivity contribution in [3.8, 4) is 0 Å². The molecule has 1 fully saturated rings. The van der Waals surface area contributed by atoms with E-state index in [-0.39, 0.29) is 22.8 Å². The highest BCUT2D eigenvalue weighted by Crippen LogP contribution is 2.41. The average Bonchev–Trinajstić information content (AvgIpc) is 3.65. The molecule has 0 saturated heterocycles. The highest BCUT2D eigenvalue weighted by atomic mass is 32.2. The third kappa shape index (κ3) is 3.76. The van der Waals surface area contributed by atoms with Crippen molar-refractivity contribution >= 4 is 44.0 Å². The van der Waals surface area contributed by atoms with E-state index in [4.69, 9.17) is 0 Å². The van der Waals surface area contributed by atoms with Crippen LogP contribution >= 0.6 is 0 Å². The molecule has 1 aliphatic heterocycles. The van der Waals surface area contributed by atoms with Crippen LogP contribution in [0.15, 0.2) is 59.5 Å². The van der Waals surface area contributed by atoms with Crippen molar-refractivity contribution in [2.24, 2.45) is 0 Å². The highest BCUT2D eigenvalue weighted by molar-refractivity contribution is 7.89. The molecule has 0 atom stereocenters. The minimum atomic E-state index is -3.56. The largest absolute Gasteiger partial charge is 0.321 e. The van der Waals surface area contributed by atoms with E-state index in [0.29, 0.717) is 23.4 Å². The molecule has 5 rings (SSSR count). The molecule has 1 heterocycles. The molecule has 7 nitrogen and oxygen atoms in total. The fraction of sp³-hybridized carbons (Fsp3) is 0.308. The Hall–Kier alpha value is -3.23. The van der Waals surface area contributed by atoms with E-state index >= 15 is 0 Å². The summed E-state index contributed by atoms with van der Waals surface area (Å²) in [7, 11) is -1.97. The van der Waals surface area contributed by atoms with Crippen LogP contribution in [0.25, 0.3) is 10.8 Å². The molecule has 0 aromatic heterocycles. The minimum Gasteiger partial charge on any atom is -0.321 e. The first-order chi connectivity index (χ1) is 16.3. The van der Waals surface area contributed by atoms with Crippen molar-refractivity contribution < 1.29 is 18.0 Å². The molecule has 0 bridgehead atoms. The number of hydrogen-bond acceptors (Lipinski definition) is 4. The van der Waals surface area contributed by atoms with Gasteiger partial charge in [0.2, 0.25) is 10.0 Å². The van der Waals surface area contributed by atoms with E-state index < -0.39 is 10.0 Å². The van der Waals surface area contributed by atoms with Crippen LogP contribution in [0.4, 0.5) is 11.4 Å². The van der Waals surface area contributed by atoms with Crippen LogP contribution in [-0.2, 0) is 10.0 Å². The van der Waals surface area contributed by atoms with Gasteiger partial charge < -0.3 is 10.2 Å². The maximum absolute atomic E-state index is 13.0. The Labute approximate surface area is 199 Å². The first-order valence-electron chi connectivity index (χ1n) is 11.6. The van der Waals surface area contributed by atoms with Gasteiger partial charge in [-0.2, -0.15) is 4.31 Å². The number of anilines is 2. The summed E-state index contributed by atoms with van der Waals surface area (Å²) in [6, 6.07) is 15.3. The summed E-state index contributed by atoms with van der Waals surface area (Å²) in [6.07, 6.45) is 3.68. The standard InChI is InChI=1S/C26H27N3O4S/c1-3-4-16-29-23-15-14-22(20-6-5-7-21(24(20)23)26(29)31)27-25(30)17-8-12-19(13-9-17)34(32,33)28(2)18-10-11-18/h5-9,12-15,18H,3-4,10-11,16H2,1-2H3,(H,27,30). The summed E-state index contributed by atoms with van der Waals surface area (Å²) in [4.78, 5) is 27.9. The monoisotopic (exact) mass is 477 g/mol. The molecule has 0 radical (unpaired) electrons. The number of benzene rings is 3. The predicted octanol–water partition coefficient (Wildman–Crippen LogP) is 4.64. The van der Waals surface area contributed by atoms with Crippen molar-refractivity contribution in [2.75, 3.05) is 23.8 Å². The topological polar surface area (TPSA) is 86.8 Å². The third-order valence-electron chi connectivity index (χ3n) is 6.62. The lowest BCUT2D eigenvalue weighted by Gasteiger charge is -2.18. The molecule has 3 aromatic carbocycles. The van der Waals surface area contributed by atoms with Gasteiger partial charge >= 0.3 is 0 Å². The molecule has 8 heteroatoms. The van der Waals surface area contributed by atoms with E-state index in [2.05, 4.69) is 12.2 Å². The molecule has 1 saturated carbocycles. The van der Waals surface area contributed by atoms with Crippen LogP contribution < -0.4 is 10.2 Å². The smallest absolute Gasteiger partial charge is 0.258 e. The summed E-state index contributed by atoms with van der Waals surface area (Å²) in [5, 5.41) is 4.60. The molecule has 1 aliphatic carbocycles. The maximum atomic E-state index is 13.0. The maximum Gasteiger partial charge on any atom is 0.258 e. The van der Waals surface area contributed by atoms with Crippen LogP contribution in [-0.4, -0.2) is 44.2 Å². The number of hydrogen-bond donors (Lipinski definition) is 1. The van der Waals surface area contributed by atoms with Crippen LogP contribution in [0.3, 0.4) is 0 Å². The second kappa shape index (κ2) is 8.52. The molecule has 1 N–H and O–H groups in total. The lowest BCUT2D eigenvalue weighted by molar-refractivity contribution is 0.0991. The van der Waals surface area contributed by atoms with E-state index in [0.717, 1.165) is 42.1 Å². The van der Waals surface area contributed by atoms with Gasteiger partial charge in [-0.1, -0.05) is 25.5 Å². The van der Waals surface area contributed by atoms with Gasteiger partial charge in [-0.3, -0.25) is 9.59 Å². The normalized spacial score (nSPS) is 15.4. The van der Waals surface area contributed by atoms with Crippen molar-refractivity contribution in [1.82, 2.24) is 4.31 Å². The Kier molecular flexibility index (Phi) is 5.65. The molecular weight excluding hydrogens is 450 g/mol. The first kappa shape index (κ1) is 22.6. The van der Waals surface area contributed by atoms with Gasteiger partial charge in [0.25, 0.3) is 11.8 Å². The summed E-state index contributed by atoms with van der Waals surface area (Å²) in [5.41, 5.74) is 2.49. The molecule has 176 valence electrons.